The van der Waals surface area contributed by atoms with Crippen LogP contribution in [0.3, 0.4) is 0 Å². The molecule has 8 nitrogen and oxygen atoms in total. The first-order chi connectivity index (χ1) is 13.3. The zero-order valence-electron chi connectivity index (χ0n) is 16.8. The lowest BCUT2D eigenvalue weighted by molar-refractivity contribution is -0.384. The van der Waals surface area contributed by atoms with E-state index in [9.17, 15) is 10.1 Å². The first-order valence-electron chi connectivity index (χ1n) is 9.66. The van der Waals surface area contributed by atoms with Crippen LogP contribution in [-0.2, 0) is 16.0 Å². The maximum atomic E-state index is 10.6. The van der Waals surface area contributed by atoms with Crippen molar-refractivity contribution in [2.75, 3.05) is 20.1 Å². The fraction of sp³-hybridized carbons (Fsp3) is 0.600. The van der Waals surface area contributed by atoms with Gasteiger partial charge in [-0.25, -0.2) is 9.59 Å². The number of nitrogens with zero attached hydrogens (tertiary/aromatic N) is 2. The number of carbonyl (C=O) groups is 2. The third kappa shape index (κ3) is 13.7. The van der Waals surface area contributed by atoms with Crippen LogP contribution < -0.4 is 0 Å². The molecular formula is C20H32N2O6. The van der Waals surface area contributed by atoms with E-state index in [4.69, 9.17) is 19.8 Å². The summed E-state index contributed by atoms with van der Waals surface area (Å²) in [5.41, 5.74) is 1.36. The maximum Gasteiger partial charge on any atom is 0.414 e. The number of nitro benzene ring substituents is 1. The first kappa shape index (κ1) is 25.5. The van der Waals surface area contributed by atoms with Crippen molar-refractivity contribution >= 4 is 17.6 Å². The standard InChI is InChI=1S/C18H30N2O2.C2H2O4/c1-3-4-5-6-8-15-19(2)16-9-7-10-17-11-13-18(14-12-17)20(21)22;3-1(4)2(5)6/h11-14H,3-10,15-16H2,1-2H3;(H,3,4)(H,5,6). The number of carboxylic acids is 2. The van der Waals surface area contributed by atoms with Gasteiger partial charge in [-0.2, -0.15) is 0 Å². The quantitative estimate of drug-likeness (QED) is 0.237. The van der Waals surface area contributed by atoms with Crippen molar-refractivity contribution < 1.29 is 24.7 Å². The monoisotopic (exact) mass is 396 g/mol. The van der Waals surface area contributed by atoms with Gasteiger partial charge in [0.05, 0.1) is 4.92 Å². The molecule has 0 spiro atoms. The maximum absolute atomic E-state index is 10.6. The Hall–Kier alpha value is -2.48. The molecule has 0 radical (unpaired) electrons. The van der Waals surface area contributed by atoms with E-state index in [-0.39, 0.29) is 10.6 Å². The van der Waals surface area contributed by atoms with E-state index in [2.05, 4.69) is 18.9 Å². The predicted octanol–water partition coefficient (Wildman–Crippen LogP) is 3.98. The Morgan fingerprint density at radius 3 is 1.89 bits per heavy atom. The molecule has 0 aliphatic carbocycles. The van der Waals surface area contributed by atoms with Gasteiger partial charge in [-0.05, 0) is 51.4 Å². The Bertz CT molecular complexity index is 577. The Labute approximate surface area is 166 Å². The molecule has 2 N–H and O–H groups in total. The average molecular weight is 396 g/mol. The van der Waals surface area contributed by atoms with Gasteiger partial charge in [0, 0.05) is 12.1 Å². The summed E-state index contributed by atoms with van der Waals surface area (Å²) in [4.78, 5) is 30.9. The van der Waals surface area contributed by atoms with Gasteiger partial charge in [0.25, 0.3) is 5.69 Å². The third-order valence-electron chi connectivity index (χ3n) is 4.23. The number of rotatable bonds is 12. The fourth-order valence-corrected chi connectivity index (χ4v) is 2.59. The summed E-state index contributed by atoms with van der Waals surface area (Å²) in [7, 11) is 2.20. The summed E-state index contributed by atoms with van der Waals surface area (Å²) in [5, 5.41) is 25.4. The van der Waals surface area contributed by atoms with Crippen LogP contribution in [0.1, 0.15) is 57.4 Å². The second-order valence-electron chi connectivity index (χ2n) is 6.71. The molecule has 0 saturated heterocycles. The summed E-state index contributed by atoms with van der Waals surface area (Å²) in [6.07, 6.45) is 10.0. The highest BCUT2D eigenvalue weighted by molar-refractivity contribution is 6.27. The van der Waals surface area contributed by atoms with Crippen molar-refractivity contribution in [2.24, 2.45) is 0 Å². The van der Waals surface area contributed by atoms with Crippen molar-refractivity contribution in [2.45, 2.75) is 58.3 Å². The van der Waals surface area contributed by atoms with Crippen molar-refractivity contribution in [3.05, 3.63) is 39.9 Å². The largest absolute Gasteiger partial charge is 0.473 e. The fourth-order valence-electron chi connectivity index (χ4n) is 2.59. The minimum Gasteiger partial charge on any atom is -0.473 e. The number of aliphatic carboxylic acids is 2. The summed E-state index contributed by atoms with van der Waals surface area (Å²) in [6.45, 7) is 4.58. The van der Waals surface area contributed by atoms with Gasteiger partial charge < -0.3 is 15.1 Å². The Kier molecular flexibility index (Phi) is 14.2. The molecule has 0 fully saturated rings. The number of nitro groups is 1. The van der Waals surface area contributed by atoms with Crippen LogP contribution in [0.4, 0.5) is 5.69 Å². The number of hydrogen-bond acceptors (Lipinski definition) is 5. The van der Waals surface area contributed by atoms with Crippen molar-refractivity contribution in [1.82, 2.24) is 4.90 Å². The molecule has 8 heteroatoms. The summed E-state index contributed by atoms with van der Waals surface area (Å²) in [6, 6.07) is 6.93. The van der Waals surface area contributed by atoms with Crippen LogP contribution in [0.5, 0.6) is 0 Å². The second-order valence-corrected chi connectivity index (χ2v) is 6.71. The molecule has 0 saturated carbocycles. The average Bonchev–Trinajstić information content (AvgIpc) is 2.66. The van der Waals surface area contributed by atoms with Crippen LogP contribution in [0.25, 0.3) is 0 Å². The number of non-ortho nitro benzene ring substituents is 1. The number of benzene rings is 1. The van der Waals surface area contributed by atoms with Crippen LogP contribution in [0.15, 0.2) is 24.3 Å². The second kappa shape index (κ2) is 15.6. The van der Waals surface area contributed by atoms with Crippen LogP contribution in [0.2, 0.25) is 0 Å². The molecule has 0 bridgehead atoms. The molecule has 0 amide bonds. The Balaban J connectivity index is 0.00000105. The van der Waals surface area contributed by atoms with Crippen LogP contribution in [0, 0.1) is 10.1 Å². The molecule has 1 aromatic carbocycles. The number of unbranched alkanes of at least 4 members (excludes halogenated alkanes) is 5. The van der Waals surface area contributed by atoms with Gasteiger partial charge in [0.1, 0.15) is 0 Å². The Morgan fingerprint density at radius 1 is 0.929 bits per heavy atom. The smallest absolute Gasteiger partial charge is 0.414 e. The SMILES string of the molecule is CCCCCCCN(C)CCCCc1ccc([N+](=O)[O-])cc1.O=C(O)C(=O)O. The highest BCUT2D eigenvalue weighted by Gasteiger charge is 2.05. The molecule has 1 rings (SSSR count). The lowest BCUT2D eigenvalue weighted by Crippen LogP contribution is -2.21. The Morgan fingerprint density at radius 2 is 1.43 bits per heavy atom. The van der Waals surface area contributed by atoms with Gasteiger partial charge >= 0.3 is 11.9 Å². The highest BCUT2D eigenvalue weighted by atomic mass is 16.6. The third-order valence-corrected chi connectivity index (χ3v) is 4.23. The number of aryl methyl sites for hydroxylation is 1. The van der Waals surface area contributed by atoms with E-state index in [0.29, 0.717) is 0 Å². The molecule has 0 atom stereocenters. The summed E-state index contributed by atoms with van der Waals surface area (Å²) < 4.78 is 0. The predicted molar refractivity (Wildman–Crippen MR) is 108 cm³/mol. The van der Waals surface area contributed by atoms with E-state index in [1.807, 2.05) is 12.1 Å². The molecular weight excluding hydrogens is 364 g/mol. The topological polar surface area (TPSA) is 121 Å². The summed E-state index contributed by atoms with van der Waals surface area (Å²) in [5.74, 6) is -3.65. The van der Waals surface area contributed by atoms with E-state index in [1.54, 1.807) is 12.1 Å². The molecule has 158 valence electrons. The van der Waals surface area contributed by atoms with Crippen LogP contribution >= 0.6 is 0 Å². The number of hydrogen-bond donors (Lipinski definition) is 2. The normalized spacial score (nSPS) is 10.2. The minimum absolute atomic E-state index is 0.173. The van der Waals surface area contributed by atoms with E-state index < -0.39 is 11.9 Å². The zero-order chi connectivity index (χ0) is 21.4. The van der Waals surface area contributed by atoms with E-state index >= 15 is 0 Å². The van der Waals surface area contributed by atoms with Crippen molar-refractivity contribution in [1.29, 1.82) is 0 Å². The van der Waals surface area contributed by atoms with E-state index in [1.165, 1.54) is 50.6 Å². The van der Waals surface area contributed by atoms with Gasteiger partial charge in [0.15, 0.2) is 0 Å². The molecule has 0 aliphatic rings. The number of carboxylic acid groups (broad SMARTS) is 2. The lowest BCUT2D eigenvalue weighted by Gasteiger charge is -2.16. The summed E-state index contributed by atoms with van der Waals surface area (Å²) >= 11 is 0. The first-order valence-corrected chi connectivity index (χ1v) is 9.66. The van der Waals surface area contributed by atoms with E-state index in [0.717, 1.165) is 19.4 Å². The lowest BCUT2D eigenvalue weighted by atomic mass is 10.1. The molecule has 0 heterocycles. The molecule has 0 aliphatic heterocycles. The van der Waals surface area contributed by atoms with Crippen molar-refractivity contribution in [3.8, 4) is 0 Å². The van der Waals surface area contributed by atoms with Crippen molar-refractivity contribution in [3.63, 3.8) is 0 Å². The molecule has 0 unspecified atom stereocenters. The van der Waals surface area contributed by atoms with Crippen LogP contribution in [-0.4, -0.2) is 52.1 Å². The molecule has 1 aromatic rings. The zero-order valence-corrected chi connectivity index (χ0v) is 16.8. The van der Waals surface area contributed by atoms with Gasteiger partial charge in [-0.1, -0.05) is 44.7 Å². The van der Waals surface area contributed by atoms with Gasteiger partial charge in [0.2, 0.25) is 0 Å². The minimum atomic E-state index is -1.82. The molecule has 0 aromatic heterocycles. The molecule has 28 heavy (non-hydrogen) atoms. The van der Waals surface area contributed by atoms with Gasteiger partial charge in [-0.15, -0.1) is 0 Å². The highest BCUT2D eigenvalue weighted by Crippen LogP contribution is 2.13. The van der Waals surface area contributed by atoms with Gasteiger partial charge in [-0.3, -0.25) is 10.1 Å².